The molecule has 2 aromatic carbocycles. The highest BCUT2D eigenvalue weighted by Gasteiger charge is 2.02. The molecule has 4 heteroatoms. The van der Waals surface area contributed by atoms with Crippen LogP contribution in [0.4, 0.5) is 0 Å². The minimum absolute atomic E-state index is 0.168. The summed E-state index contributed by atoms with van der Waals surface area (Å²) in [6.45, 7) is 1.95. The maximum absolute atomic E-state index is 11.9. The standard InChI is InChI=1S/C17H18N2O2/c1-13-4-3-5-15(12-13)17(20)19-18-11-10-14-6-8-16(21-2)9-7-14/h3-12,18H,1-2H3,(H,19,20)/b11-10+. The lowest BCUT2D eigenvalue weighted by atomic mass is 10.1. The molecular formula is C17H18N2O2. The molecule has 0 saturated carbocycles. The maximum Gasteiger partial charge on any atom is 0.269 e. The predicted octanol–water partition coefficient (Wildman–Crippen LogP) is 2.91. The third kappa shape index (κ3) is 4.38. The molecule has 0 aliphatic carbocycles. The van der Waals surface area contributed by atoms with Crippen LogP contribution < -0.4 is 15.6 Å². The summed E-state index contributed by atoms with van der Waals surface area (Å²) in [4.78, 5) is 11.9. The van der Waals surface area contributed by atoms with Gasteiger partial charge in [-0.15, -0.1) is 0 Å². The lowest BCUT2D eigenvalue weighted by Crippen LogP contribution is -2.33. The van der Waals surface area contributed by atoms with Crippen LogP contribution in [0.5, 0.6) is 5.75 Å². The molecule has 0 aromatic heterocycles. The van der Waals surface area contributed by atoms with E-state index in [1.54, 1.807) is 19.4 Å². The van der Waals surface area contributed by atoms with E-state index in [9.17, 15) is 4.79 Å². The Labute approximate surface area is 124 Å². The lowest BCUT2D eigenvalue weighted by molar-refractivity contribution is 0.0941. The zero-order chi connectivity index (χ0) is 15.1. The summed E-state index contributed by atoms with van der Waals surface area (Å²) in [5.74, 6) is 0.644. The minimum Gasteiger partial charge on any atom is -0.497 e. The fourth-order valence-corrected chi connectivity index (χ4v) is 1.82. The number of methoxy groups -OCH3 is 1. The molecule has 0 atom stereocenters. The first-order chi connectivity index (χ1) is 10.2. The molecule has 21 heavy (non-hydrogen) atoms. The largest absolute Gasteiger partial charge is 0.497 e. The molecular weight excluding hydrogens is 264 g/mol. The van der Waals surface area contributed by atoms with Gasteiger partial charge in [0.2, 0.25) is 0 Å². The van der Waals surface area contributed by atoms with E-state index in [1.165, 1.54) is 0 Å². The Morgan fingerprint density at radius 2 is 1.90 bits per heavy atom. The number of carbonyl (C=O) groups excluding carboxylic acids is 1. The molecule has 2 aromatic rings. The third-order valence-electron chi connectivity index (χ3n) is 2.94. The molecule has 0 heterocycles. The van der Waals surface area contributed by atoms with Gasteiger partial charge in [0.05, 0.1) is 7.11 Å². The molecule has 0 unspecified atom stereocenters. The van der Waals surface area contributed by atoms with Gasteiger partial charge in [0.25, 0.3) is 5.91 Å². The predicted molar refractivity (Wildman–Crippen MR) is 83.8 cm³/mol. The van der Waals surface area contributed by atoms with Gasteiger partial charge in [-0.1, -0.05) is 29.8 Å². The molecule has 0 saturated heterocycles. The van der Waals surface area contributed by atoms with Crippen LogP contribution in [-0.2, 0) is 0 Å². The van der Waals surface area contributed by atoms with Crippen molar-refractivity contribution >= 4 is 12.0 Å². The smallest absolute Gasteiger partial charge is 0.269 e. The molecule has 0 fully saturated rings. The summed E-state index contributed by atoms with van der Waals surface area (Å²) in [5.41, 5.74) is 8.07. The topological polar surface area (TPSA) is 50.4 Å². The van der Waals surface area contributed by atoms with Crippen LogP contribution in [0.15, 0.2) is 54.7 Å². The van der Waals surface area contributed by atoms with Gasteiger partial charge in [0.1, 0.15) is 5.75 Å². The molecule has 0 aliphatic heterocycles. The first-order valence-electron chi connectivity index (χ1n) is 6.62. The number of hydrogen-bond acceptors (Lipinski definition) is 3. The monoisotopic (exact) mass is 282 g/mol. The molecule has 2 N–H and O–H groups in total. The van der Waals surface area contributed by atoms with E-state index in [0.717, 1.165) is 16.9 Å². The Morgan fingerprint density at radius 1 is 1.14 bits per heavy atom. The van der Waals surface area contributed by atoms with E-state index in [4.69, 9.17) is 4.74 Å². The van der Waals surface area contributed by atoms with Gasteiger partial charge in [-0.05, 0) is 42.8 Å². The van der Waals surface area contributed by atoms with E-state index in [-0.39, 0.29) is 5.91 Å². The second-order valence-corrected chi connectivity index (χ2v) is 4.57. The van der Waals surface area contributed by atoms with Crippen molar-refractivity contribution in [2.75, 3.05) is 7.11 Å². The number of aryl methyl sites for hydroxylation is 1. The highest BCUT2D eigenvalue weighted by molar-refractivity contribution is 5.94. The average Bonchev–Trinajstić information content (AvgIpc) is 2.52. The third-order valence-corrected chi connectivity index (χ3v) is 2.94. The summed E-state index contributed by atoms with van der Waals surface area (Å²) in [7, 11) is 1.63. The van der Waals surface area contributed by atoms with Gasteiger partial charge in [0, 0.05) is 11.8 Å². The summed E-state index contributed by atoms with van der Waals surface area (Å²) in [6, 6.07) is 15.0. The van der Waals surface area contributed by atoms with Gasteiger partial charge in [-0.25, -0.2) is 0 Å². The summed E-state index contributed by atoms with van der Waals surface area (Å²) in [5, 5.41) is 0. The maximum atomic E-state index is 11.9. The van der Waals surface area contributed by atoms with Crippen molar-refractivity contribution < 1.29 is 9.53 Å². The Bertz CT molecular complexity index is 633. The van der Waals surface area contributed by atoms with E-state index in [0.29, 0.717) is 5.56 Å². The highest BCUT2D eigenvalue weighted by Crippen LogP contribution is 2.11. The van der Waals surface area contributed by atoms with Crippen molar-refractivity contribution in [1.29, 1.82) is 0 Å². The number of hydrogen-bond donors (Lipinski definition) is 2. The zero-order valence-electron chi connectivity index (χ0n) is 12.1. The number of ether oxygens (including phenoxy) is 1. The van der Waals surface area contributed by atoms with Gasteiger partial charge in [-0.3, -0.25) is 10.2 Å². The van der Waals surface area contributed by atoms with E-state index in [2.05, 4.69) is 10.9 Å². The van der Waals surface area contributed by atoms with Crippen LogP contribution in [0.25, 0.3) is 6.08 Å². The average molecular weight is 282 g/mol. The Hall–Kier alpha value is -2.75. The Kier molecular flexibility index (Phi) is 4.99. The molecule has 0 radical (unpaired) electrons. The lowest BCUT2D eigenvalue weighted by Gasteiger charge is -2.05. The molecule has 108 valence electrons. The number of benzene rings is 2. The van der Waals surface area contributed by atoms with Crippen molar-refractivity contribution in [1.82, 2.24) is 10.9 Å². The quantitative estimate of drug-likeness (QED) is 0.829. The molecule has 0 aliphatic rings. The van der Waals surface area contributed by atoms with Crippen LogP contribution in [0.3, 0.4) is 0 Å². The normalized spacial score (nSPS) is 10.4. The summed E-state index contributed by atoms with van der Waals surface area (Å²) >= 11 is 0. The second kappa shape index (κ2) is 7.14. The van der Waals surface area contributed by atoms with E-state index < -0.39 is 0 Å². The van der Waals surface area contributed by atoms with Gasteiger partial charge in [-0.2, -0.15) is 0 Å². The van der Waals surface area contributed by atoms with Crippen molar-refractivity contribution in [3.8, 4) is 5.75 Å². The van der Waals surface area contributed by atoms with Gasteiger partial charge >= 0.3 is 0 Å². The molecule has 4 nitrogen and oxygen atoms in total. The van der Waals surface area contributed by atoms with Crippen LogP contribution in [0.1, 0.15) is 21.5 Å². The summed E-state index contributed by atoms with van der Waals surface area (Å²) < 4.78 is 5.09. The second-order valence-electron chi connectivity index (χ2n) is 4.57. The number of hydrazine groups is 1. The number of amides is 1. The fourth-order valence-electron chi connectivity index (χ4n) is 1.82. The fraction of sp³-hybridized carbons (Fsp3) is 0.118. The minimum atomic E-state index is -0.168. The van der Waals surface area contributed by atoms with Gasteiger partial charge in [0.15, 0.2) is 0 Å². The SMILES string of the molecule is COc1ccc(/C=C/NNC(=O)c2cccc(C)c2)cc1. The molecule has 2 rings (SSSR count). The van der Waals surface area contributed by atoms with Crippen LogP contribution in [-0.4, -0.2) is 13.0 Å². The summed E-state index contributed by atoms with van der Waals surface area (Å²) in [6.07, 6.45) is 3.53. The van der Waals surface area contributed by atoms with Crippen molar-refractivity contribution in [3.05, 3.63) is 71.4 Å². The highest BCUT2D eigenvalue weighted by atomic mass is 16.5. The molecule has 0 bridgehead atoms. The Balaban J connectivity index is 1.85. The first kappa shape index (κ1) is 14.7. The zero-order valence-corrected chi connectivity index (χ0v) is 12.1. The van der Waals surface area contributed by atoms with Gasteiger partial charge < -0.3 is 10.2 Å². The molecule has 0 spiro atoms. The van der Waals surface area contributed by atoms with Crippen LogP contribution in [0.2, 0.25) is 0 Å². The number of rotatable bonds is 5. The van der Waals surface area contributed by atoms with Crippen molar-refractivity contribution in [2.24, 2.45) is 0 Å². The van der Waals surface area contributed by atoms with Crippen LogP contribution in [0, 0.1) is 6.92 Å². The van der Waals surface area contributed by atoms with Crippen LogP contribution >= 0.6 is 0 Å². The Morgan fingerprint density at radius 3 is 2.57 bits per heavy atom. The van der Waals surface area contributed by atoms with Crippen molar-refractivity contribution in [3.63, 3.8) is 0 Å². The van der Waals surface area contributed by atoms with Crippen molar-refractivity contribution in [2.45, 2.75) is 6.92 Å². The van der Waals surface area contributed by atoms with E-state index in [1.807, 2.05) is 55.5 Å². The number of nitrogens with one attached hydrogen (secondary N) is 2. The molecule has 1 amide bonds. The first-order valence-corrected chi connectivity index (χ1v) is 6.62. The van der Waals surface area contributed by atoms with E-state index >= 15 is 0 Å². The number of carbonyl (C=O) groups is 1.